The highest BCUT2D eigenvalue weighted by atomic mass is 31.2. The van der Waals surface area contributed by atoms with Gasteiger partial charge in [-0.05, 0) is 66.9 Å². The van der Waals surface area contributed by atoms with Crippen LogP contribution in [0.25, 0.3) is 10.9 Å². The summed E-state index contributed by atoms with van der Waals surface area (Å²) in [5, 5.41) is 24.0. The average molecular weight is 539 g/mol. The van der Waals surface area contributed by atoms with Crippen molar-refractivity contribution in [3.8, 4) is 5.75 Å². The third-order valence-electron chi connectivity index (χ3n) is 6.23. The van der Waals surface area contributed by atoms with E-state index in [0.29, 0.717) is 18.7 Å². The molecule has 0 aliphatic rings. The van der Waals surface area contributed by atoms with Crippen molar-refractivity contribution in [2.75, 3.05) is 13.2 Å². The van der Waals surface area contributed by atoms with Crippen molar-refractivity contribution in [3.05, 3.63) is 95.7 Å². The van der Waals surface area contributed by atoms with E-state index < -0.39 is 19.7 Å². The Kier molecular flexibility index (Phi) is 8.66. The quantitative estimate of drug-likeness (QED) is 0.173. The van der Waals surface area contributed by atoms with Crippen LogP contribution in [-0.4, -0.2) is 55.8 Å². The van der Waals surface area contributed by atoms with Crippen LogP contribution < -0.4 is 15.4 Å². The fraction of sp³-hybridized carbons (Fsp3) is 0.250. The van der Waals surface area contributed by atoms with Crippen molar-refractivity contribution in [3.63, 3.8) is 0 Å². The Balaban J connectivity index is 1.40. The van der Waals surface area contributed by atoms with Gasteiger partial charge in [-0.15, -0.1) is 0 Å². The number of nitrogens with one attached hydrogen (secondary N) is 1. The molecule has 200 valence electrons. The number of fused-ring (bicyclic) bond motifs is 1. The third kappa shape index (κ3) is 7.10. The van der Waals surface area contributed by atoms with Crippen molar-refractivity contribution in [2.24, 2.45) is 0 Å². The predicted octanol–water partition coefficient (Wildman–Crippen LogP) is 3.15. The van der Waals surface area contributed by atoms with Crippen LogP contribution in [0.4, 0.5) is 0 Å². The number of hydrogen-bond donors (Lipinski definition) is 5. The zero-order valence-corrected chi connectivity index (χ0v) is 21.8. The molecule has 0 aliphatic heterocycles. The number of carboxylic acids is 1. The second-order valence-electron chi connectivity index (χ2n) is 9.32. The van der Waals surface area contributed by atoms with Gasteiger partial charge in [0.05, 0.1) is 5.30 Å². The van der Waals surface area contributed by atoms with E-state index in [2.05, 4.69) is 5.32 Å². The zero-order valence-electron chi connectivity index (χ0n) is 20.9. The smallest absolute Gasteiger partial charge is 0.356 e. The number of ether oxygens (including phenoxy) is 1. The highest BCUT2D eigenvalue weighted by Gasteiger charge is 2.18. The lowest BCUT2D eigenvalue weighted by Gasteiger charge is -2.18. The number of aliphatic hydroxyl groups excluding tert-OH is 1. The molecule has 4 aromatic rings. The first-order valence-corrected chi connectivity index (χ1v) is 13.8. The van der Waals surface area contributed by atoms with Crippen LogP contribution in [0.2, 0.25) is 0 Å². The summed E-state index contributed by atoms with van der Waals surface area (Å²) in [5.41, 5.74) is 2.62. The van der Waals surface area contributed by atoms with E-state index in [1.165, 1.54) is 12.1 Å². The number of carboxylic acid groups (broad SMARTS) is 1. The normalized spacial score (nSPS) is 13.4. The molecule has 9 nitrogen and oxygen atoms in total. The lowest BCUT2D eigenvalue weighted by molar-refractivity contribution is 0.0686. The minimum atomic E-state index is -4.34. The standard InChI is InChI=1S/C28H31N2O7P/c1-19(29-16-23(31)18-37-24-5-3-2-4-6-24)13-21-9-12-26-22(14-21)15-27(28(32)33)30(26)17-20-7-10-25(11-8-20)38(34,35)36/h2-12,14-15,19,23,29,31H,13,16-18H2,1H3,(H,32,33)(H2,34,35,36)/t19?,23-/m0/s1. The number of rotatable bonds is 12. The van der Waals surface area contributed by atoms with E-state index in [1.807, 2.05) is 55.5 Å². The number of nitrogens with zero attached hydrogens (tertiary/aromatic N) is 1. The molecule has 1 unspecified atom stereocenters. The van der Waals surface area contributed by atoms with Gasteiger partial charge in [0.1, 0.15) is 24.2 Å². The molecule has 0 saturated carbocycles. The van der Waals surface area contributed by atoms with Crippen LogP contribution in [0.15, 0.2) is 78.9 Å². The molecular weight excluding hydrogens is 507 g/mol. The van der Waals surface area contributed by atoms with Gasteiger partial charge in [0, 0.05) is 30.0 Å². The van der Waals surface area contributed by atoms with Crippen LogP contribution in [0.3, 0.4) is 0 Å². The van der Waals surface area contributed by atoms with Gasteiger partial charge >= 0.3 is 13.6 Å². The Morgan fingerprint density at radius 3 is 2.34 bits per heavy atom. The Labute approximate surface area is 220 Å². The highest BCUT2D eigenvalue weighted by molar-refractivity contribution is 7.60. The summed E-state index contributed by atoms with van der Waals surface area (Å²) < 4.78 is 18.7. The van der Waals surface area contributed by atoms with Crippen molar-refractivity contribution >= 4 is 29.8 Å². The summed E-state index contributed by atoms with van der Waals surface area (Å²) in [4.78, 5) is 30.6. The van der Waals surface area contributed by atoms with E-state index in [4.69, 9.17) is 4.74 Å². The summed E-state index contributed by atoms with van der Waals surface area (Å²) in [6.07, 6.45) is 0.0163. The topological polar surface area (TPSA) is 141 Å². The van der Waals surface area contributed by atoms with Crippen molar-refractivity contribution in [1.82, 2.24) is 9.88 Å². The number of hydrogen-bond acceptors (Lipinski definition) is 5. The molecule has 0 aliphatic carbocycles. The minimum Gasteiger partial charge on any atom is -0.491 e. The van der Waals surface area contributed by atoms with Gasteiger partial charge in [0.2, 0.25) is 0 Å². The molecule has 4 rings (SSSR count). The lowest BCUT2D eigenvalue weighted by atomic mass is 10.0. The largest absolute Gasteiger partial charge is 0.491 e. The van der Waals surface area contributed by atoms with Gasteiger partial charge in [0.15, 0.2) is 0 Å². The maximum atomic E-state index is 12.0. The lowest BCUT2D eigenvalue weighted by Crippen LogP contribution is -2.37. The number of carbonyl (C=O) groups is 1. The fourth-order valence-electron chi connectivity index (χ4n) is 4.30. The third-order valence-corrected chi connectivity index (χ3v) is 7.20. The summed E-state index contributed by atoms with van der Waals surface area (Å²) in [5.74, 6) is -0.352. The Morgan fingerprint density at radius 1 is 1.00 bits per heavy atom. The van der Waals surface area contributed by atoms with Gasteiger partial charge in [0.25, 0.3) is 0 Å². The molecule has 5 N–H and O–H groups in total. The monoisotopic (exact) mass is 538 g/mol. The summed E-state index contributed by atoms with van der Waals surface area (Å²) in [6.45, 7) is 2.82. The van der Waals surface area contributed by atoms with E-state index >= 15 is 0 Å². The molecule has 0 radical (unpaired) electrons. The molecule has 0 saturated heterocycles. The first-order chi connectivity index (χ1) is 18.1. The summed E-state index contributed by atoms with van der Waals surface area (Å²) >= 11 is 0. The van der Waals surface area contributed by atoms with Crippen LogP contribution in [0.1, 0.15) is 28.5 Å². The van der Waals surface area contributed by atoms with Gasteiger partial charge in [-0.3, -0.25) is 4.57 Å². The molecule has 0 bridgehead atoms. The van der Waals surface area contributed by atoms with Gasteiger partial charge in [-0.2, -0.15) is 0 Å². The molecule has 1 aromatic heterocycles. The van der Waals surface area contributed by atoms with Gasteiger partial charge in [-0.1, -0.05) is 36.4 Å². The number of para-hydroxylation sites is 1. The number of aromatic carboxylic acids is 1. The van der Waals surface area contributed by atoms with E-state index in [-0.39, 0.29) is 30.2 Å². The SMILES string of the molecule is CC(Cc1ccc2c(c1)cc(C(=O)O)n2Cc1ccc(P(=O)(O)O)cc1)NC[C@H](O)COc1ccccc1. The van der Waals surface area contributed by atoms with Crippen LogP contribution in [-0.2, 0) is 17.5 Å². The molecule has 1 heterocycles. The highest BCUT2D eigenvalue weighted by Crippen LogP contribution is 2.33. The van der Waals surface area contributed by atoms with Crippen molar-refractivity contribution in [1.29, 1.82) is 0 Å². The summed E-state index contributed by atoms with van der Waals surface area (Å²) in [6, 6.07) is 22.7. The Bertz CT molecular complexity index is 1430. The molecule has 0 amide bonds. The second-order valence-corrected chi connectivity index (χ2v) is 10.9. The molecule has 2 atom stereocenters. The van der Waals surface area contributed by atoms with Crippen molar-refractivity contribution in [2.45, 2.75) is 32.0 Å². The van der Waals surface area contributed by atoms with Crippen LogP contribution in [0.5, 0.6) is 5.75 Å². The molecule has 3 aromatic carbocycles. The number of aromatic nitrogens is 1. The molecule has 38 heavy (non-hydrogen) atoms. The maximum Gasteiger partial charge on any atom is 0.356 e. The van der Waals surface area contributed by atoms with Gasteiger partial charge in [-0.25, -0.2) is 4.79 Å². The maximum absolute atomic E-state index is 12.0. The summed E-state index contributed by atoms with van der Waals surface area (Å²) in [7, 11) is -4.34. The second kappa shape index (κ2) is 11.9. The van der Waals surface area contributed by atoms with E-state index in [0.717, 1.165) is 22.0 Å². The molecular formula is C28H31N2O7P. The zero-order chi connectivity index (χ0) is 27.3. The minimum absolute atomic E-state index is 0.0624. The molecule has 10 heteroatoms. The van der Waals surface area contributed by atoms with Crippen molar-refractivity contribution < 1.29 is 34.1 Å². The first kappa shape index (κ1) is 27.6. The molecule has 0 spiro atoms. The van der Waals surface area contributed by atoms with Crippen LogP contribution >= 0.6 is 7.60 Å². The average Bonchev–Trinajstić information content (AvgIpc) is 3.24. The Hall–Kier alpha value is -3.46. The fourth-order valence-corrected chi connectivity index (χ4v) is 4.84. The van der Waals surface area contributed by atoms with Crippen LogP contribution in [0, 0.1) is 0 Å². The Morgan fingerprint density at radius 2 is 1.68 bits per heavy atom. The van der Waals surface area contributed by atoms with E-state index in [1.54, 1.807) is 22.8 Å². The molecule has 0 fully saturated rings. The first-order valence-electron chi connectivity index (χ1n) is 12.2. The van der Waals surface area contributed by atoms with E-state index in [9.17, 15) is 29.4 Å². The predicted molar refractivity (Wildman–Crippen MR) is 145 cm³/mol. The number of benzene rings is 3. The van der Waals surface area contributed by atoms with Gasteiger partial charge < -0.3 is 34.6 Å². The number of aliphatic hydroxyl groups is 1.